The summed E-state index contributed by atoms with van der Waals surface area (Å²) in [5, 5.41) is 9.18. The fourth-order valence-electron chi connectivity index (χ4n) is 3.25. The highest BCUT2D eigenvalue weighted by atomic mass is 32.3. The van der Waals surface area contributed by atoms with Crippen LogP contribution in [0.25, 0.3) is 0 Å². The minimum Gasteiger partial charge on any atom is -0.726 e. The van der Waals surface area contributed by atoms with E-state index in [4.69, 9.17) is 0 Å². The van der Waals surface area contributed by atoms with Gasteiger partial charge in [-0.15, -0.1) is 0 Å². The number of nitrogens with zero attached hydrogens (tertiary/aromatic N) is 2. The van der Waals surface area contributed by atoms with Crippen LogP contribution in [0.3, 0.4) is 0 Å². The Morgan fingerprint density at radius 2 is 1.56 bits per heavy atom. The van der Waals surface area contributed by atoms with Crippen LogP contribution in [0.5, 0.6) is 0 Å². The molecule has 0 aromatic carbocycles. The van der Waals surface area contributed by atoms with Crippen molar-refractivity contribution in [1.82, 2.24) is 0 Å². The molecule has 1 atom stereocenters. The first kappa shape index (κ1) is 26.5. The number of rotatable bonds is 15. The van der Waals surface area contributed by atoms with Gasteiger partial charge in [-0.2, -0.15) is 0 Å². The Morgan fingerprint density at radius 3 is 1.93 bits per heavy atom. The van der Waals surface area contributed by atoms with Gasteiger partial charge in [0.25, 0.3) is 0 Å². The Balaban J connectivity index is 0.000000821. The fraction of sp³-hybridized carbons (Fsp3) is 0.947. The number of hydrogen-bond donors (Lipinski definition) is 1. The maximum atomic E-state index is 9.45. The van der Waals surface area contributed by atoms with E-state index in [0.29, 0.717) is 0 Å². The molecule has 0 radical (unpaired) electrons. The van der Waals surface area contributed by atoms with Gasteiger partial charge in [-0.3, -0.25) is 8.67 Å². The third-order valence-corrected chi connectivity index (χ3v) is 5.29. The quantitative estimate of drug-likeness (QED) is 0.194. The molecule has 0 saturated carbocycles. The fourth-order valence-corrected chi connectivity index (χ4v) is 3.54. The maximum Gasteiger partial charge on any atom is 0.217 e. The highest BCUT2D eigenvalue weighted by Crippen LogP contribution is 2.14. The average Bonchev–Trinajstić information content (AvgIpc) is 3.05. The van der Waals surface area contributed by atoms with Gasteiger partial charge in [0.1, 0.15) is 13.1 Å². The summed E-state index contributed by atoms with van der Waals surface area (Å²) in [5.74, 6) is 0. The molecule has 0 amide bonds. The van der Waals surface area contributed by atoms with Crippen molar-refractivity contribution in [2.45, 2.75) is 78.1 Å². The van der Waals surface area contributed by atoms with Gasteiger partial charge in [-0.05, 0) is 19.8 Å². The van der Waals surface area contributed by atoms with Gasteiger partial charge < -0.3 is 9.66 Å². The second-order valence-corrected chi connectivity index (χ2v) is 8.18. The first-order chi connectivity index (χ1) is 12.9. The van der Waals surface area contributed by atoms with Crippen LogP contribution in [0, 0.1) is 0 Å². The van der Waals surface area contributed by atoms with E-state index in [1.807, 2.05) is 0 Å². The molecule has 8 heteroatoms. The van der Waals surface area contributed by atoms with E-state index in [0.717, 1.165) is 24.1 Å². The normalized spacial score (nSPS) is 19.1. The minimum absolute atomic E-state index is 0.0914. The third-order valence-electron chi connectivity index (χ3n) is 4.77. The molecule has 0 aromatic rings. The Morgan fingerprint density at radius 1 is 1.00 bits per heavy atom. The largest absolute Gasteiger partial charge is 0.726 e. The number of aliphatic hydroxyl groups excluding tert-OH is 1. The maximum absolute atomic E-state index is 9.45. The summed E-state index contributed by atoms with van der Waals surface area (Å²) < 4.78 is 32.9. The summed E-state index contributed by atoms with van der Waals surface area (Å²) in [6.07, 6.45) is 15.9. The summed E-state index contributed by atoms with van der Waals surface area (Å²) >= 11 is 0. The third kappa shape index (κ3) is 16.1. The van der Waals surface area contributed by atoms with Crippen molar-refractivity contribution in [3.05, 3.63) is 0 Å². The van der Waals surface area contributed by atoms with Crippen LogP contribution in [0.15, 0.2) is 4.99 Å². The van der Waals surface area contributed by atoms with Crippen LogP contribution in [0.2, 0.25) is 0 Å². The molecule has 0 saturated heterocycles. The molecular formula is C19H40N2O5S. The van der Waals surface area contributed by atoms with Gasteiger partial charge in [-0.25, -0.2) is 13.4 Å². The Bertz CT molecular complexity index is 471. The van der Waals surface area contributed by atoms with Gasteiger partial charge in [0.05, 0.1) is 26.3 Å². The van der Waals surface area contributed by atoms with E-state index in [1.165, 1.54) is 77.7 Å². The molecule has 1 rings (SSSR count). The van der Waals surface area contributed by atoms with E-state index in [2.05, 4.69) is 22.4 Å². The van der Waals surface area contributed by atoms with Crippen molar-refractivity contribution in [2.75, 3.05) is 39.4 Å². The summed E-state index contributed by atoms with van der Waals surface area (Å²) in [6, 6.07) is 0. The number of unbranched alkanes of at least 4 members (excludes halogenated alkanes) is 9. The second-order valence-electron chi connectivity index (χ2n) is 7.13. The zero-order valence-electron chi connectivity index (χ0n) is 17.3. The van der Waals surface area contributed by atoms with Crippen molar-refractivity contribution < 1.29 is 26.7 Å². The Kier molecular flexibility index (Phi) is 16.1. The lowest BCUT2D eigenvalue weighted by molar-refractivity contribution is -0.829. The summed E-state index contributed by atoms with van der Waals surface area (Å²) in [4.78, 5) is 4.36. The molecule has 0 aliphatic carbocycles. The lowest BCUT2D eigenvalue weighted by Gasteiger charge is -2.29. The molecule has 1 aliphatic heterocycles. The number of quaternary nitrogens is 1. The second kappa shape index (κ2) is 16.4. The molecule has 0 bridgehead atoms. The molecule has 27 heavy (non-hydrogen) atoms. The van der Waals surface area contributed by atoms with Gasteiger partial charge in [0.2, 0.25) is 10.4 Å². The highest BCUT2D eigenvalue weighted by molar-refractivity contribution is 7.80. The van der Waals surface area contributed by atoms with Crippen molar-refractivity contribution in [3.8, 4) is 0 Å². The van der Waals surface area contributed by atoms with Crippen molar-refractivity contribution in [2.24, 2.45) is 4.99 Å². The molecule has 1 heterocycles. The van der Waals surface area contributed by atoms with Crippen LogP contribution in [0.4, 0.5) is 0 Å². The summed E-state index contributed by atoms with van der Waals surface area (Å²) in [7, 11) is -4.42. The molecule has 1 aliphatic rings. The molecular weight excluding hydrogens is 368 g/mol. The Hall–Kier alpha value is -0.540. The summed E-state index contributed by atoms with van der Waals surface area (Å²) in [6.45, 7) is 7.94. The van der Waals surface area contributed by atoms with Crippen LogP contribution in [-0.4, -0.2) is 68.3 Å². The van der Waals surface area contributed by atoms with Crippen molar-refractivity contribution in [1.29, 1.82) is 0 Å². The summed E-state index contributed by atoms with van der Waals surface area (Å²) in [5.41, 5.74) is 0. The van der Waals surface area contributed by atoms with E-state index in [9.17, 15) is 18.1 Å². The number of aliphatic imine (C=N–C) groups is 1. The van der Waals surface area contributed by atoms with Gasteiger partial charge >= 0.3 is 0 Å². The SMILES string of the molecule is CCCCCCCCCCCC[N+]1(CCO)C=NCC1.CCOS(=O)(=O)[O-]. The van der Waals surface area contributed by atoms with Crippen molar-refractivity contribution >= 4 is 16.7 Å². The standard InChI is InChI=1S/C17H35N2O.C2H6O4S/c1-2-3-4-5-6-7-8-9-10-11-13-19(15-16-20)14-12-18-17-19;1-2-6-7(3,4)5/h17,20H,2-16H2,1H3;2H2,1H3,(H,3,4,5)/q+1;/p-1. The lowest BCUT2D eigenvalue weighted by Crippen LogP contribution is -2.48. The minimum atomic E-state index is -4.42. The van der Waals surface area contributed by atoms with Crippen LogP contribution >= 0.6 is 0 Å². The molecule has 1 N–H and O–H groups in total. The van der Waals surface area contributed by atoms with Crippen LogP contribution in [-0.2, 0) is 14.6 Å². The zero-order chi connectivity index (χ0) is 20.4. The van der Waals surface area contributed by atoms with E-state index >= 15 is 0 Å². The topological polar surface area (TPSA) is 99.0 Å². The molecule has 7 nitrogen and oxygen atoms in total. The lowest BCUT2D eigenvalue weighted by atomic mass is 10.1. The van der Waals surface area contributed by atoms with Crippen LogP contribution < -0.4 is 0 Å². The monoisotopic (exact) mass is 408 g/mol. The molecule has 0 spiro atoms. The average molecular weight is 409 g/mol. The van der Waals surface area contributed by atoms with Gasteiger partial charge in [0.15, 0.2) is 6.34 Å². The number of hydrogen-bond acceptors (Lipinski definition) is 6. The molecule has 1 unspecified atom stereocenters. The number of aliphatic hydroxyl groups is 1. The van der Waals surface area contributed by atoms with Gasteiger partial charge in [0, 0.05) is 0 Å². The smallest absolute Gasteiger partial charge is 0.217 e. The van der Waals surface area contributed by atoms with Crippen molar-refractivity contribution in [3.63, 3.8) is 0 Å². The zero-order valence-corrected chi connectivity index (χ0v) is 18.1. The first-order valence-electron chi connectivity index (χ1n) is 10.5. The predicted octanol–water partition coefficient (Wildman–Crippen LogP) is 3.24. The van der Waals surface area contributed by atoms with Gasteiger partial charge in [-0.1, -0.05) is 58.3 Å². The predicted molar refractivity (Wildman–Crippen MR) is 108 cm³/mol. The molecule has 0 fully saturated rings. The molecule has 162 valence electrons. The molecule has 0 aromatic heterocycles. The van der Waals surface area contributed by atoms with E-state index < -0.39 is 10.4 Å². The Labute approximate surface area is 166 Å². The van der Waals surface area contributed by atoms with E-state index in [-0.39, 0.29) is 13.2 Å². The van der Waals surface area contributed by atoms with Crippen LogP contribution in [0.1, 0.15) is 78.1 Å². The van der Waals surface area contributed by atoms with E-state index in [1.54, 1.807) is 0 Å². The first-order valence-corrected chi connectivity index (χ1v) is 11.8. The highest BCUT2D eigenvalue weighted by Gasteiger charge is 2.27.